The van der Waals surface area contributed by atoms with E-state index in [2.05, 4.69) is 5.32 Å². The fourth-order valence-electron chi connectivity index (χ4n) is 3.62. The third kappa shape index (κ3) is 2.96. The first-order chi connectivity index (χ1) is 10.7. The van der Waals surface area contributed by atoms with Crippen LogP contribution in [0.5, 0.6) is 0 Å². The lowest BCUT2D eigenvalue weighted by Crippen LogP contribution is -2.37. The molecule has 1 saturated carbocycles. The predicted octanol–water partition coefficient (Wildman–Crippen LogP) is 2.09. The second-order valence-electron chi connectivity index (χ2n) is 6.42. The maximum Gasteiger partial charge on any atom is 0.407 e. The number of ether oxygens (including phenoxy) is 2. The summed E-state index contributed by atoms with van der Waals surface area (Å²) in [6.45, 7) is 2.33. The van der Waals surface area contributed by atoms with E-state index in [4.69, 9.17) is 9.47 Å². The zero-order chi connectivity index (χ0) is 15.5. The van der Waals surface area contributed by atoms with E-state index in [9.17, 15) is 9.90 Å². The van der Waals surface area contributed by atoms with Crippen molar-refractivity contribution < 1.29 is 19.4 Å². The lowest BCUT2D eigenvalue weighted by Gasteiger charge is -2.28. The van der Waals surface area contributed by atoms with Gasteiger partial charge in [-0.3, -0.25) is 0 Å². The number of carbonyl (C=O) groups is 1. The number of nitrogens with one attached hydrogen (secondary N) is 1. The molecule has 2 aliphatic rings. The number of hydrogen-bond acceptors (Lipinski definition) is 4. The number of aliphatic hydroxyl groups is 1. The molecule has 1 aromatic rings. The van der Waals surface area contributed by atoms with Gasteiger partial charge in [-0.25, -0.2) is 4.79 Å². The lowest BCUT2D eigenvalue weighted by molar-refractivity contribution is 0.0305. The maximum atomic E-state index is 11.8. The average molecular weight is 305 g/mol. The van der Waals surface area contributed by atoms with Gasteiger partial charge in [0.05, 0.1) is 6.61 Å². The fraction of sp³-hybridized carbons (Fsp3) is 0.588. The number of hydrogen-bond donors (Lipinski definition) is 2. The number of aliphatic hydroxyl groups excluding tert-OH is 1. The highest BCUT2D eigenvalue weighted by molar-refractivity contribution is 5.67. The normalized spacial score (nSPS) is 25.7. The van der Waals surface area contributed by atoms with Gasteiger partial charge in [-0.1, -0.05) is 30.3 Å². The molecule has 1 aromatic carbocycles. The van der Waals surface area contributed by atoms with Crippen molar-refractivity contribution in [2.75, 3.05) is 26.4 Å². The largest absolute Gasteiger partial charge is 0.445 e. The molecule has 2 N–H and O–H groups in total. The Morgan fingerprint density at radius 1 is 1.27 bits per heavy atom. The predicted molar refractivity (Wildman–Crippen MR) is 81.3 cm³/mol. The molecule has 1 unspecified atom stereocenters. The van der Waals surface area contributed by atoms with E-state index in [1.54, 1.807) is 0 Å². The van der Waals surface area contributed by atoms with Crippen molar-refractivity contribution in [3.8, 4) is 0 Å². The molecule has 3 rings (SSSR count). The standard InChI is InChI=1S/C17H23NO4/c19-13-17(11-16(17)6-8-21-9-7-16)12-18-15(20)22-10-14-4-2-1-3-5-14/h1-5,19H,6-13H2,(H,18,20). The maximum absolute atomic E-state index is 11.8. The highest BCUT2D eigenvalue weighted by Crippen LogP contribution is 2.68. The van der Waals surface area contributed by atoms with Crippen LogP contribution in [0, 0.1) is 10.8 Å². The van der Waals surface area contributed by atoms with Crippen molar-refractivity contribution >= 4 is 6.09 Å². The van der Waals surface area contributed by atoms with Crippen molar-refractivity contribution in [1.29, 1.82) is 0 Å². The molecule has 0 bridgehead atoms. The summed E-state index contributed by atoms with van der Waals surface area (Å²) >= 11 is 0. The molecular weight excluding hydrogens is 282 g/mol. The van der Waals surface area contributed by atoms with Gasteiger partial charge in [0, 0.05) is 25.2 Å². The summed E-state index contributed by atoms with van der Waals surface area (Å²) in [5.74, 6) is 0. The van der Waals surface area contributed by atoms with Gasteiger partial charge < -0.3 is 19.9 Å². The Morgan fingerprint density at radius 3 is 2.68 bits per heavy atom. The van der Waals surface area contributed by atoms with E-state index < -0.39 is 6.09 Å². The second-order valence-corrected chi connectivity index (χ2v) is 6.42. The van der Waals surface area contributed by atoms with Crippen molar-refractivity contribution in [3.63, 3.8) is 0 Å². The molecule has 0 aromatic heterocycles. The van der Waals surface area contributed by atoms with Crippen molar-refractivity contribution in [2.24, 2.45) is 10.8 Å². The zero-order valence-electron chi connectivity index (χ0n) is 12.7. The van der Waals surface area contributed by atoms with E-state index in [0.29, 0.717) is 6.54 Å². The Labute approximate surface area is 130 Å². The first-order valence-corrected chi connectivity index (χ1v) is 7.83. The minimum atomic E-state index is -0.425. The van der Waals surface area contributed by atoms with E-state index in [0.717, 1.165) is 38.0 Å². The molecule has 5 nitrogen and oxygen atoms in total. The van der Waals surface area contributed by atoms with Gasteiger partial charge >= 0.3 is 6.09 Å². The van der Waals surface area contributed by atoms with Crippen molar-refractivity contribution in [1.82, 2.24) is 5.32 Å². The SMILES string of the molecule is O=C(NCC1(CO)CC12CCOCC2)OCc1ccccc1. The highest BCUT2D eigenvalue weighted by Gasteiger charge is 2.66. The quantitative estimate of drug-likeness (QED) is 0.874. The van der Waals surface area contributed by atoms with Crippen LogP contribution in [0.2, 0.25) is 0 Å². The van der Waals surface area contributed by atoms with Gasteiger partial charge in [-0.2, -0.15) is 0 Å². The Balaban J connectivity index is 1.46. The van der Waals surface area contributed by atoms with E-state index in [1.165, 1.54) is 0 Å². The molecule has 1 heterocycles. The minimum Gasteiger partial charge on any atom is -0.445 e. The number of amides is 1. The third-order valence-corrected chi connectivity index (χ3v) is 5.21. The first-order valence-electron chi connectivity index (χ1n) is 7.83. The van der Waals surface area contributed by atoms with Gasteiger partial charge in [0.25, 0.3) is 0 Å². The molecule has 1 amide bonds. The molecule has 120 valence electrons. The third-order valence-electron chi connectivity index (χ3n) is 5.21. The van der Waals surface area contributed by atoms with Crippen LogP contribution in [0.25, 0.3) is 0 Å². The monoisotopic (exact) mass is 305 g/mol. The van der Waals surface area contributed by atoms with Gasteiger partial charge in [-0.05, 0) is 30.2 Å². The second kappa shape index (κ2) is 6.26. The molecule has 5 heteroatoms. The summed E-state index contributed by atoms with van der Waals surface area (Å²) in [5, 5.41) is 12.6. The summed E-state index contributed by atoms with van der Waals surface area (Å²) in [6, 6.07) is 9.59. The lowest BCUT2D eigenvalue weighted by atomic mass is 9.86. The highest BCUT2D eigenvalue weighted by atomic mass is 16.5. The Morgan fingerprint density at radius 2 is 2.00 bits per heavy atom. The van der Waals surface area contributed by atoms with E-state index in [-0.39, 0.29) is 24.0 Å². The molecule has 2 fully saturated rings. The van der Waals surface area contributed by atoms with Crippen LogP contribution in [0.3, 0.4) is 0 Å². The summed E-state index contributed by atoms with van der Waals surface area (Å²) in [6.07, 6.45) is 2.47. The van der Waals surface area contributed by atoms with Crippen molar-refractivity contribution in [3.05, 3.63) is 35.9 Å². The summed E-state index contributed by atoms with van der Waals surface area (Å²) in [4.78, 5) is 11.8. The van der Waals surface area contributed by atoms with E-state index >= 15 is 0 Å². The number of benzene rings is 1. The van der Waals surface area contributed by atoms with Crippen molar-refractivity contribution in [2.45, 2.75) is 25.9 Å². The van der Waals surface area contributed by atoms with Crippen LogP contribution in [0.1, 0.15) is 24.8 Å². The summed E-state index contributed by atoms with van der Waals surface area (Å²) in [5.41, 5.74) is 0.914. The van der Waals surface area contributed by atoms with Gasteiger partial charge in [-0.15, -0.1) is 0 Å². The van der Waals surface area contributed by atoms with Gasteiger partial charge in [0.2, 0.25) is 0 Å². The molecular formula is C17H23NO4. The first kappa shape index (κ1) is 15.3. The van der Waals surface area contributed by atoms with Crippen LogP contribution in [-0.2, 0) is 16.1 Å². The molecule has 1 aliphatic carbocycles. The molecule has 1 aliphatic heterocycles. The Hall–Kier alpha value is -1.59. The van der Waals surface area contributed by atoms with Gasteiger partial charge in [0.1, 0.15) is 6.61 Å². The van der Waals surface area contributed by atoms with E-state index in [1.807, 2.05) is 30.3 Å². The number of carbonyl (C=O) groups excluding carboxylic acids is 1. The zero-order valence-corrected chi connectivity index (χ0v) is 12.7. The summed E-state index contributed by atoms with van der Waals surface area (Å²) < 4.78 is 10.6. The van der Waals surface area contributed by atoms with Gasteiger partial charge in [0.15, 0.2) is 0 Å². The summed E-state index contributed by atoms with van der Waals surface area (Å²) in [7, 11) is 0. The molecule has 0 radical (unpaired) electrons. The molecule has 1 spiro atoms. The molecule has 1 saturated heterocycles. The number of rotatable bonds is 5. The average Bonchev–Trinajstić information content (AvgIpc) is 3.19. The number of alkyl carbamates (subject to hydrolysis) is 1. The van der Waals surface area contributed by atoms with Crippen LogP contribution in [0.4, 0.5) is 4.79 Å². The molecule has 1 atom stereocenters. The van der Waals surface area contributed by atoms with Crippen LogP contribution < -0.4 is 5.32 Å². The smallest absolute Gasteiger partial charge is 0.407 e. The molecule has 22 heavy (non-hydrogen) atoms. The Bertz CT molecular complexity index is 513. The van der Waals surface area contributed by atoms with Crippen LogP contribution in [0.15, 0.2) is 30.3 Å². The van der Waals surface area contributed by atoms with Crippen LogP contribution in [-0.4, -0.2) is 37.6 Å². The van der Waals surface area contributed by atoms with Crippen LogP contribution >= 0.6 is 0 Å². The Kier molecular flexibility index (Phi) is 4.36. The topological polar surface area (TPSA) is 67.8 Å². The fourth-order valence-corrected chi connectivity index (χ4v) is 3.62. The minimum absolute atomic E-state index is 0.103.